The van der Waals surface area contributed by atoms with E-state index >= 15 is 0 Å². The summed E-state index contributed by atoms with van der Waals surface area (Å²) in [4.78, 5) is 24.5. The van der Waals surface area contributed by atoms with Gasteiger partial charge in [-0.25, -0.2) is 4.79 Å². The summed E-state index contributed by atoms with van der Waals surface area (Å²) in [5.41, 5.74) is 2.37. The van der Waals surface area contributed by atoms with Crippen molar-refractivity contribution < 1.29 is 4.79 Å². The van der Waals surface area contributed by atoms with Crippen LogP contribution in [0.1, 0.15) is 36.5 Å². The van der Waals surface area contributed by atoms with Crippen molar-refractivity contribution in [2.24, 2.45) is 25.9 Å². The van der Waals surface area contributed by atoms with E-state index < -0.39 is 0 Å². The number of rotatable bonds is 2. The van der Waals surface area contributed by atoms with Gasteiger partial charge in [0, 0.05) is 25.6 Å². The standard InChI is InChI=1S/C16H20N2O2/c1-10-5-4-6-12(10)15(19)11-7-8-13-14(9-11)18(3)16(20)17(13)2/h7-10,12H,4-6H2,1-3H3. The lowest BCUT2D eigenvalue weighted by Gasteiger charge is -2.14. The average Bonchev–Trinajstić information content (AvgIpc) is 2.97. The first-order valence-corrected chi connectivity index (χ1v) is 7.20. The lowest BCUT2D eigenvalue weighted by molar-refractivity contribution is 0.0897. The molecule has 106 valence electrons. The predicted molar refractivity (Wildman–Crippen MR) is 79.0 cm³/mol. The molecule has 0 bridgehead atoms. The summed E-state index contributed by atoms with van der Waals surface area (Å²) in [6, 6.07) is 5.60. The van der Waals surface area contributed by atoms with Crippen molar-refractivity contribution in [1.82, 2.24) is 9.13 Å². The third-order valence-corrected chi connectivity index (χ3v) is 4.75. The number of Topliss-reactive ketones (excluding diaryl/α,β-unsaturated/α-hetero) is 1. The molecule has 2 atom stereocenters. The molecule has 1 aromatic heterocycles. The van der Waals surface area contributed by atoms with E-state index in [-0.39, 0.29) is 17.4 Å². The maximum Gasteiger partial charge on any atom is 0.328 e. The van der Waals surface area contributed by atoms with E-state index in [2.05, 4.69) is 6.92 Å². The number of benzene rings is 1. The van der Waals surface area contributed by atoms with Gasteiger partial charge in [-0.15, -0.1) is 0 Å². The zero-order valence-corrected chi connectivity index (χ0v) is 12.2. The Morgan fingerprint density at radius 1 is 1.15 bits per heavy atom. The van der Waals surface area contributed by atoms with Crippen LogP contribution in [0, 0.1) is 11.8 Å². The molecule has 3 rings (SSSR count). The van der Waals surface area contributed by atoms with E-state index in [0.29, 0.717) is 5.92 Å². The molecule has 0 spiro atoms. The molecule has 2 unspecified atom stereocenters. The Morgan fingerprint density at radius 3 is 2.50 bits per heavy atom. The number of hydrogen-bond donors (Lipinski definition) is 0. The third-order valence-electron chi connectivity index (χ3n) is 4.75. The van der Waals surface area contributed by atoms with Crippen molar-refractivity contribution in [3.63, 3.8) is 0 Å². The fraction of sp³-hybridized carbons (Fsp3) is 0.500. The Morgan fingerprint density at radius 2 is 1.85 bits per heavy atom. The number of ketones is 1. The lowest BCUT2D eigenvalue weighted by atomic mass is 9.89. The Labute approximate surface area is 118 Å². The number of aryl methyl sites for hydroxylation is 2. The van der Waals surface area contributed by atoms with Crippen LogP contribution in [0.15, 0.2) is 23.0 Å². The summed E-state index contributed by atoms with van der Waals surface area (Å²) in [7, 11) is 3.50. The van der Waals surface area contributed by atoms with Crippen LogP contribution < -0.4 is 5.69 Å². The lowest BCUT2D eigenvalue weighted by Crippen LogP contribution is -2.19. The smallest absolute Gasteiger partial charge is 0.295 e. The number of hydrogen-bond acceptors (Lipinski definition) is 2. The number of aromatic nitrogens is 2. The van der Waals surface area contributed by atoms with Gasteiger partial charge in [0.15, 0.2) is 5.78 Å². The summed E-state index contributed by atoms with van der Waals surface area (Å²) in [5, 5.41) is 0. The van der Waals surface area contributed by atoms with E-state index in [1.165, 1.54) is 0 Å². The quantitative estimate of drug-likeness (QED) is 0.788. The number of carbonyl (C=O) groups is 1. The van der Waals surface area contributed by atoms with E-state index in [0.717, 1.165) is 35.9 Å². The van der Waals surface area contributed by atoms with E-state index in [9.17, 15) is 9.59 Å². The molecule has 0 aliphatic heterocycles. The fourth-order valence-electron chi connectivity index (χ4n) is 3.41. The topological polar surface area (TPSA) is 44.0 Å². The van der Waals surface area contributed by atoms with Crippen molar-refractivity contribution in [2.45, 2.75) is 26.2 Å². The Balaban J connectivity index is 2.07. The zero-order valence-electron chi connectivity index (χ0n) is 12.2. The molecule has 4 heteroatoms. The summed E-state index contributed by atoms with van der Waals surface area (Å²) in [6.45, 7) is 2.16. The van der Waals surface area contributed by atoms with Gasteiger partial charge in [-0.3, -0.25) is 13.9 Å². The minimum absolute atomic E-state index is 0.0566. The average molecular weight is 272 g/mol. The summed E-state index contributed by atoms with van der Waals surface area (Å²) in [6.07, 6.45) is 3.28. The van der Waals surface area contributed by atoms with Crippen LogP contribution in [-0.4, -0.2) is 14.9 Å². The molecule has 0 saturated heterocycles. The van der Waals surface area contributed by atoms with Crippen LogP contribution in [0.2, 0.25) is 0 Å². The highest BCUT2D eigenvalue weighted by Gasteiger charge is 2.30. The van der Waals surface area contributed by atoms with Crippen molar-refractivity contribution in [3.8, 4) is 0 Å². The molecule has 1 fully saturated rings. The minimum Gasteiger partial charge on any atom is -0.295 e. The van der Waals surface area contributed by atoms with E-state index in [4.69, 9.17) is 0 Å². The van der Waals surface area contributed by atoms with Gasteiger partial charge >= 0.3 is 5.69 Å². The van der Waals surface area contributed by atoms with Gasteiger partial charge in [0.2, 0.25) is 0 Å². The summed E-state index contributed by atoms with van der Waals surface area (Å²) < 4.78 is 3.21. The van der Waals surface area contributed by atoms with Gasteiger partial charge in [0.1, 0.15) is 0 Å². The van der Waals surface area contributed by atoms with Crippen LogP contribution in [0.3, 0.4) is 0 Å². The Bertz CT molecular complexity index is 739. The number of fused-ring (bicyclic) bond motifs is 1. The maximum atomic E-state index is 12.6. The van der Waals surface area contributed by atoms with Crippen LogP contribution in [0.25, 0.3) is 11.0 Å². The normalized spacial score (nSPS) is 22.6. The second kappa shape index (κ2) is 4.62. The van der Waals surface area contributed by atoms with Crippen molar-refractivity contribution in [1.29, 1.82) is 0 Å². The zero-order chi connectivity index (χ0) is 14.4. The van der Waals surface area contributed by atoms with Crippen molar-refractivity contribution >= 4 is 16.8 Å². The Kier molecular flexibility index (Phi) is 3.04. The van der Waals surface area contributed by atoms with Gasteiger partial charge in [0.25, 0.3) is 0 Å². The first kappa shape index (κ1) is 13.2. The van der Waals surface area contributed by atoms with Crippen molar-refractivity contribution in [2.75, 3.05) is 0 Å². The molecule has 20 heavy (non-hydrogen) atoms. The number of nitrogens with zero attached hydrogens (tertiary/aromatic N) is 2. The highest BCUT2D eigenvalue weighted by molar-refractivity contribution is 6.00. The minimum atomic E-state index is -0.0566. The second-order valence-electron chi connectivity index (χ2n) is 5.98. The van der Waals surface area contributed by atoms with Crippen LogP contribution in [0.4, 0.5) is 0 Å². The van der Waals surface area contributed by atoms with Crippen LogP contribution in [-0.2, 0) is 14.1 Å². The fourth-order valence-corrected chi connectivity index (χ4v) is 3.41. The molecule has 0 N–H and O–H groups in total. The maximum absolute atomic E-state index is 12.6. The Hall–Kier alpha value is -1.84. The van der Waals surface area contributed by atoms with Gasteiger partial charge in [-0.2, -0.15) is 0 Å². The van der Waals surface area contributed by atoms with Crippen molar-refractivity contribution in [3.05, 3.63) is 34.2 Å². The highest BCUT2D eigenvalue weighted by Crippen LogP contribution is 2.34. The molecular formula is C16H20N2O2. The van der Waals surface area contributed by atoms with Gasteiger partial charge in [-0.1, -0.05) is 13.3 Å². The van der Waals surface area contributed by atoms with Crippen LogP contribution in [0.5, 0.6) is 0 Å². The molecule has 1 aliphatic carbocycles. The molecular weight excluding hydrogens is 252 g/mol. The molecule has 0 radical (unpaired) electrons. The summed E-state index contributed by atoms with van der Waals surface area (Å²) >= 11 is 0. The largest absolute Gasteiger partial charge is 0.328 e. The SMILES string of the molecule is CC1CCCC1C(=O)c1ccc2c(c1)n(C)c(=O)n2C. The number of carbonyl (C=O) groups excluding carboxylic acids is 1. The molecule has 0 amide bonds. The second-order valence-corrected chi connectivity index (χ2v) is 5.98. The molecule has 1 aromatic carbocycles. The first-order valence-electron chi connectivity index (χ1n) is 7.20. The molecule has 1 heterocycles. The van der Waals surface area contributed by atoms with Gasteiger partial charge < -0.3 is 0 Å². The predicted octanol–water partition coefficient (Wildman–Crippen LogP) is 2.50. The van der Waals surface area contributed by atoms with Crippen LogP contribution >= 0.6 is 0 Å². The first-order chi connectivity index (χ1) is 9.50. The van der Waals surface area contributed by atoms with Gasteiger partial charge in [0.05, 0.1) is 11.0 Å². The molecule has 4 nitrogen and oxygen atoms in total. The van der Waals surface area contributed by atoms with E-state index in [1.807, 2.05) is 18.2 Å². The molecule has 1 saturated carbocycles. The number of imidazole rings is 1. The van der Waals surface area contributed by atoms with E-state index in [1.54, 1.807) is 23.2 Å². The molecule has 1 aliphatic rings. The molecule has 2 aromatic rings. The monoisotopic (exact) mass is 272 g/mol. The van der Waals surface area contributed by atoms with Gasteiger partial charge in [-0.05, 0) is 37.0 Å². The highest BCUT2D eigenvalue weighted by atomic mass is 16.1. The third kappa shape index (κ3) is 1.82. The summed E-state index contributed by atoms with van der Waals surface area (Å²) in [5.74, 6) is 0.846.